The van der Waals surface area contributed by atoms with Gasteiger partial charge in [-0.15, -0.1) is 56.0 Å². The van der Waals surface area contributed by atoms with E-state index >= 15 is 0 Å². The number of hydrogen-bond acceptors (Lipinski definition) is 28. The largest absolute Gasteiger partial charge is 0.494 e. The maximum atomic E-state index is 12.6. The molecule has 608 valence electrons. The van der Waals surface area contributed by atoms with E-state index in [1.54, 1.807) is 114 Å². The number of nitrogen functional groups attached to an aromatic ring is 2. The molecule has 5 aliphatic heterocycles. The second-order valence-electron chi connectivity index (χ2n) is 28.0. The van der Waals surface area contributed by atoms with E-state index in [0.717, 1.165) is 109 Å². The molecule has 0 saturated carbocycles. The smallest absolute Gasteiger partial charge is 0.243 e. The van der Waals surface area contributed by atoms with Crippen LogP contribution in [0.5, 0.6) is 11.5 Å². The molecule has 2 fully saturated rings. The lowest BCUT2D eigenvalue weighted by molar-refractivity contribution is -0.116. The number of methoxy groups -OCH3 is 2. The molecular weight excluding hydrogens is 1690 g/mol. The summed E-state index contributed by atoms with van der Waals surface area (Å²) < 4.78 is 92.4. The van der Waals surface area contributed by atoms with Crippen molar-refractivity contribution in [3.63, 3.8) is 0 Å². The number of thiocarbonyl (C=S) groups is 1. The van der Waals surface area contributed by atoms with E-state index in [2.05, 4.69) is 98.9 Å². The first-order chi connectivity index (χ1) is 54.6. The maximum absolute atomic E-state index is 12.6. The molecule has 0 spiro atoms. The standard InChI is InChI=1S/C18H19N7OS.C13H15N5O.C13H16N2O3S2.C13H14N2O2S2.C11H12BrNO3S.C7H9NS.C2H5NS/c1-10-20-12-8-24(9-14(12)27-10)7-6-15-21-17-11-4-3-5-13(26-2)16(11)22-18(19)25(17)23-15;1-3-5-10-15-12-8-6-4-7-9(19-2)11(8)16-13(14)18(12)17-10;1-9-3-5-11(6-4-9)20(17,18)15-7-12-13(16,8-15)14-10(2)19-12;1-9-3-5-11(6-4-9)19(16,17)15-7-12-13(8-15)18-10(2)14-12;1-8-2-4-9(5-3-8)17(15,16)13-6-10(12)11(14)7-13;1-5-8-6-3-2-4-7(6)9-5;1-2(3)4/h3-5H,6-9H2,1-2H3,(H2,19,22);4,6-7H,3,5H2,1-2H3,(H2,14,16);3-6,12,16H,7-8H2,1-2H3;3-6H,7-8H2,1-2H3;2-5,10H,6-7H2,1H3;2-4H2,1H3;1H3,(H2,3,4). The van der Waals surface area contributed by atoms with Gasteiger partial charge < -0.3 is 31.8 Å². The molecule has 3 unspecified atom stereocenters. The summed E-state index contributed by atoms with van der Waals surface area (Å²) in [5, 5.41) is 25.1. The van der Waals surface area contributed by atoms with E-state index < -0.39 is 35.8 Å². The summed E-state index contributed by atoms with van der Waals surface area (Å²) >= 11 is 14.2. The van der Waals surface area contributed by atoms with Gasteiger partial charge >= 0.3 is 0 Å². The molecule has 0 bridgehead atoms. The number of sulfonamides is 3. The summed E-state index contributed by atoms with van der Waals surface area (Å²) in [6.45, 7) is 21.5. The number of ketones is 1. The molecule has 38 heteroatoms. The molecule has 29 nitrogen and oxygen atoms in total. The lowest BCUT2D eigenvalue weighted by Gasteiger charge is -2.18. The number of aromatic nitrogens is 11. The number of thiazole rings is 3. The Bertz CT molecular complexity index is 5910. The molecule has 2 saturated heterocycles. The van der Waals surface area contributed by atoms with Crippen molar-refractivity contribution in [2.75, 3.05) is 58.4 Å². The Balaban J connectivity index is 0.000000129. The third-order valence-corrected chi connectivity index (χ3v) is 29.6. The van der Waals surface area contributed by atoms with Crippen molar-refractivity contribution in [1.82, 2.24) is 71.9 Å². The van der Waals surface area contributed by atoms with Crippen LogP contribution in [0.3, 0.4) is 0 Å². The predicted molar refractivity (Wildman–Crippen MR) is 460 cm³/mol. The molecule has 7 N–H and O–H groups in total. The fourth-order valence-electron chi connectivity index (χ4n) is 13.4. The number of anilines is 2. The average molecular weight is 1780 g/mol. The molecule has 3 atom stereocenters. The predicted octanol–water partition coefficient (Wildman–Crippen LogP) is 11.3. The Kier molecular flexibility index (Phi) is 27.0. The van der Waals surface area contributed by atoms with Crippen molar-refractivity contribution in [1.29, 1.82) is 0 Å². The highest BCUT2D eigenvalue weighted by atomic mass is 79.9. The zero-order chi connectivity index (χ0) is 82.6. The van der Waals surface area contributed by atoms with Crippen LogP contribution in [0, 0.1) is 41.5 Å². The van der Waals surface area contributed by atoms with Crippen LogP contribution in [0.15, 0.2) is 129 Å². The number of alkyl halides is 1. The second kappa shape index (κ2) is 36.2. The van der Waals surface area contributed by atoms with Gasteiger partial charge in [0.1, 0.15) is 22.5 Å². The second-order valence-corrected chi connectivity index (χ2v) is 40.8. The van der Waals surface area contributed by atoms with Gasteiger partial charge in [0.15, 0.2) is 34.5 Å². The summed E-state index contributed by atoms with van der Waals surface area (Å²) in [4.78, 5) is 54.3. The van der Waals surface area contributed by atoms with Gasteiger partial charge in [-0.2, -0.15) is 21.9 Å². The molecular formula is C77H90BrN19O10S8. The van der Waals surface area contributed by atoms with Crippen LogP contribution in [0.2, 0.25) is 0 Å². The summed E-state index contributed by atoms with van der Waals surface area (Å²) in [6, 6.07) is 31.8. The Morgan fingerprint density at radius 2 is 1.03 bits per heavy atom. The van der Waals surface area contributed by atoms with E-state index in [4.69, 9.17) is 31.7 Å². The van der Waals surface area contributed by atoms with Gasteiger partial charge in [0.05, 0.1) is 107 Å². The van der Waals surface area contributed by atoms with E-state index in [-0.39, 0.29) is 51.8 Å². The number of ether oxygens (including phenoxy) is 2. The summed E-state index contributed by atoms with van der Waals surface area (Å²) in [5.74, 6) is 3.44. The van der Waals surface area contributed by atoms with Crippen LogP contribution in [-0.4, -0.2) is 181 Å². The number of Topliss-reactive ketones (excluding diaryl/α,β-unsaturated/α-hetero) is 1. The summed E-state index contributed by atoms with van der Waals surface area (Å²) in [6.07, 6.45) is 6.40. The highest BCUT2D eigenvalue weighted by Crippen LogP contribution is 2.42. The van der Waals surface area contributed by atoms with Gasteiger partial charge in [0.25, 0.3) is 0 Å². The lowest BCUT2D eigenvalue weighted by atomic mass is 10.2. The van der Waals surface area contributed by atoms with E-state index in [0.29, 0.717) is 63.0 Å². The van der Waals surface area contributed by atoms with Crippen molar-refractivity contribution < 1.29 is 44.6 Å². The summed E-state index contributed by atoms with van der Waals surface area (Å²) in [5.41, 5.74) is 25.0. The van der Waals surface area contributed by atoms with Gasteiger partial charge in [-0.3, -0.25) is 9.69 Å². The van der Waals surface area contributed by atoms with Crippen LogP contribution in [-0.2, 0) is 86.7 Å². The number of nitrogens with two attached hydrogens (primary N) is 3. The molecule has 18 rings (SSSR count). The fourth-order valence-corrected chi connectivity index (χ4v) is 22.7. The summed E-state index contributed by atoms with van der Waals surface area (Å²) in [7, 11) is -7.27. The highest BCUT2D eigenvalue weighted by Gasteiger charge is 2.53. The Morgan fingerprint density at radius 3 is 1.47 bits per heavy atom. The van der Waals surface area contributed by atoms with Crippen molar-refractivity contribution >= 4 is 165 Å². The first-order valence-electron chi connectivity index (χ1n) is 36.8. The monoisotopic (exact) mass is 1780 g/mol. The highest BCUT2D eigenvalue weighted by molar-refractivity contribution is 9.10. The zero-order valence-electron chi connectivity index (χ0n) is 65.3. The van der Waals surface area contributed by atoms with E-state index in [1.807, 2.05) is 94.5 Å². The minimum absolute atomic E-state index is 0.0260. The van der Waals surface area contributed by atoms with Gasteiger partial charge in [-0.25, -0.2) is 65.1 Å². The number of carbonyl (C=O) groups is 1. The zero-order valence-corrected chi connectivity index (χ0v) is 73.4. The molecule has 12 heterocycles. The number of carbonyl (C=O) groups excluding carboxylic acids is 1. The Hall–Kier alpha value is -8.48. The van der Waals surface area contributed by atoms with Crippen LogP contribution >= 0.6 is 73.9 Å². The Labute approximate surface area is 698 Å². The Morgan fingerprint density at radius 1 is 0.574 bits per heavy atom. The van der Waals surface area contributed by atoms with Crippen LogP contribution in [0.1, 0.15) is 109 Å². The molecule has 5 aromatic carbocycles. The van der Waals surface area contributed by atoms with Crippen molar-refractivity contribution in [2.24, 2.45) is 10.7 Å². The third-order valence-electron chi connectivity index (χ3n) is 19.1. The number of rotatable bonds is 13. The SMILES string of the molecule is CC(N)=S.CC1=NC2(O)CN(S(=O)(=O)c3ccc(C)cc3)CC2S1.CCCc1nc2c3cccc(OC)c3nc(N)n2n1.COc1cccc2c1nc(N)n1nc(CCN3Cc4nc(C)sc4C3)nc21.Cc1ccc(S(=O)(=O)N2CC(=O)C(Br)C2)cc1.Cc1ccc(S(=O)(=O)N2Cc3nc(C)sc3C2)cc1.Cc1nc2c(s1)CCC2. The average Bonchev–Trinajstić information content (AvgIpc) is 1.61. The molecule has 0 amide bonds. The van der Waals surface area contributed by atoms with Crippen LogP contribution in [0.25, 0.3) is 33.1 Å². The lowest BCUT2D eigenvalue weighted by Crippen LogP contribution is -2.36. The number of halogens is 1. The van der Waals surface area contributed by atoms with Crippen molar-refractivity contribution in [2.45, 2.75) is 158 Å². The molecule has 115 heavy (non-hydrogen) atoms. The number of benzene rings is 5. The quantitative estimate of drug-likeness (QED) is 0.0615. The number of β-amino-alcohol motifs (C(OH)–C–C–N with tert-alkyl or cyclic N) is 1. The number of para-hydroxylation sites is 2. The van der Waals surface area contributed by atoms with Gasteiger partial charge in [-0.05, 0) is 142 Å². The first-order valence-corrected chi connectivity index (χ1v) is 45.7. The first kappa shape index (κ1) is 85.9. The minimum atomic E-state index is -3.56. The van der Waals surface area contributed by atoms with Gasteiger partial charge in [0.2, 0.25) is 42.0 Å². The number of aryl methyl sites for hydroxylation is 9. The normalized spacial score (nSPS) is 17.8. The number of hydrogen-bond donors (Lipinski definition) is 4. The van der Waals surface area contributed by atoms with Crippen molar-refractivity contribution in [3.05, 3.63) is 184 Å². The van der Waals surface area contributed by atoms with Crippen LogP contribution < -0.4 is 26.7 Å². The number of fused-ring (bicyclic) bond motifs is 10. The number of aliphatic hydroxyl groups is 1. The van der Waals surface area contributed by atoms with E-state index in [9.17, 15) is 35.2 Å². The molecule has 1 aliphatic carbocycles. The molecule has 12 aromatic rings. The maximum Gasteiger partial charge on any atom is 0.243 e. The third kappa shape index (κ3) is 19.7. The molecule has 7 aromatic heterocycles. The van der Waals surface area contributed by atoms with E-state index in [1.165, 1.54) is 70.1 Å². The van der Waals surface area contributed by atoms with Gasteiger partial charge in [-0.1, -0.05) is 100 Å². The van der Waals surface area contributed by atoms with Crippen LogP contribution in [0.4, 0.5) is 11.9 Å². The van der Waals surface area contributed by atoms with Gasteiger partial charge in [0, 0.05) is 71.0 Å². The number of aliphatic imine (C=N–C) groups is 1. The van der Waals surface area contributed by atoms with Crippen molar-refractivity contribution in [3.8, 4) is 11.5 Å². The number of nitrogens with zero attached hydrogens (tertiary/aromatic N) is 16. The fraction of sp³-hybridized carbons (Fsp3) is 0.377. The minimum Gasteiger partial charge on any atom is -0.494 e. The number of thioether (sulfide) groups is 1. The molecule has 6 aliphatic rings. The molecule has 0 radical (unpaired) electrons. The topological polar surface area (TPSA) is 386 Å².